The molecule has 4 fully saturated rings. The van der Waals surface area contributed by atoms with Gasteiger partial charge in [-0.05, 0) is 103 Å². The number of carboxylic acids is 1. The molecule has 48 heavy (non-hydrogen) atoms. The number of carbonyl (C=O) groups excluding carboxylic acids is 1. The van der Waals surface area contributed by atoms with E-state index < -0.39 is 56.2 Å². The van der Waals surface area contributed by atoms with E-state index in [0.29, 0.717) is 19.3 Å². The topological polar surface area (TPSA) is 170 Å². The minimum Gasteiger partial charge on any atom is -0.481 e. The largest absolute Gasteiger partial charge is 0.481 e. The predicted molar refractivity (Wildman–Crippen MR) is 177 cm³/mol. The quantitative estimate of drug-likeness (QED) is 0.137. The smallest absolute Gasteiger partial charge is 0.339 e. The molecule has 11 heteroatoms. The van der Waals surface area contributed by atoms with Gasteiger partial charge in [0.25, 0.3) is 11.4 Å². The van der Waals surface area contributed by atoms with E-state index in [0.717, 1.165) is 56.7 Å². The van der Waals surface area contributed by atoms with Crippen molar-refractivity contribution in [3.05, 3.63) is 55.6 Å². The summed E-state index contributed by atoms with van der Waals surface area (Å²) in [7, 11) is 0. The van der Waals surface area contributed by atoms with Gasteiger partial charge in [0.1, 0.15) is 6.10 Å². The number of hydrogen-bond acceptors (Lipinski definition) is 8. The maximum atomic E-state index is 13.5. The van der Waals surface area contributed by atoms with Crippen LogP contribution in [0.1, 0.15) is 117 Å². The van der Waals surface area contributed by atoms with Crippen LogP contribution in [0.5, 0.6) is 0 Å². The van der Waals surface area contributed by atoms with E-state index in [1.165, 1.54) is 5.57 Å². The van der Waals surface area contributed by atoms with Crippen LogP contribution in [0.2, 0.25) is 0 Å². The number of benzene rings is 1. The first-order chi connectivity index (χ1) is 22.1. The van der Waals surface area contributed by atoms with Crippen molar-refractivity contribution in [2.75, 3.05) is 0 Å². The Kier molecular flexibility index (Phi) is 7.79. The fraction of sp³-hybridized carbons (Fsp3) is 0.730. The highest BCUT2D eigenvalue weighted by atomic mass is 16.6. The first kappa shape index (κ1) is 34.5. The molecule has 2 N–H and O–H groups in total. The van der Waals surface area contributed by atoms with Gasteiger partial charge in [-0.25, -0.2) is 4.79 Å². The van der Waals surface area contributed by atoms with E-state index in [4.69, 9.17) is 4.74 Å². The van der Waals surface area contributed by atoms with Gasteiger partial charge >= 0.3 is 11.9 Å². The van der Waals surface area contributed by atoms with E-state index in [-0.39, 0.29) is 45.0 Å². The molecule has 0 unspecified atom stereocenters. The molecule has 0 heterocycles. The van der Waals surface area contributed by atoms with Crippen LogP contribution in [0.25, 0.3) is 0 Å². The van der Waals surface area contributed by atoms with Gasteiger partial charge in [0.15, 0.2) is 0 Å². The van der Waals surface area contributed by atoms with E-state index >= 15 is 0 Å². The minimum absolute atomic E-state index is 0.0156. The lowest BCUT2D eigenvalue weighted by molar-refractivity contribution is -0.394. The number of aliphatic hydroxyl groups excluding tert-OH is 1. The van der Waals surface area contributed by atoms with Crippen molar-refractivity contribution in [3.63, 3.8) is 0 Å². The van der Waals surface area contributed by atoms with Crippen molar-refractivity contribution in [1.29, 1.82) is 0 Å². The number of allylic oxidation sites excluding steroid dienone is 2. The minimum atomic E-state index is -1.02. The zero-order chi connectivity index (χ0) is 35.4. The van der Waals surface area contributed by atoms with Crippen LogP contribution in [0.4, 0.5) is 11.4 Å². The molecule has 262 valence electrons. The summed E-state index contributed by atoms with van der Waals surface area (Å²) in [5, 5.41) is 45.4. The Morgan fingerprint density at radius 3 is 2.04 bits per heavy atom. The van der Waals surface area contributed by atoms with E-state index in [9.17, 15) is 40.0 Å². The molecular weight excluding hydrogens is 616 g/mol. The van der Waals surface area contributed by atoms with Crippen LogP contribution in [-0.4, -0.2) is 44.2 Å². The Balaban J connectivity index is 1.37. The molecule has 1 aromatic rings. The van der Waals surface area contributed by atoms with Crippen LogP contribution in [0.15, 0.2) is 29.8 Å². The number of fused-ring (bicyclic) bond motifs is 7. The average molecular weight is 667 g/mol. The second-order valence-corrected chi connectivity index (χ2v) is 17.8. The fourth-order valence-corrected chi connectivity index (χ4v) is 12.0. The highest BCUT2D eigenvalue weighted by molar-refractivity contribution is 5.91. The van der Waals surface area contributed by atoms with Crippen LogP contribution < -0.4 is 0 Å². The van der Waals surface area contributed by atoms with Crippen LogP contribution in [-0.2, 0) is 9.53 Å². The molecule has 9 atom stereocenters. The number of nitro groups is 2. The molecule has 6 rings (SSSR count). The monoisotopic (exact) mass is 666 g/mol. The Morgan fingerprint density at radius 1 is 0.854 bits per heavy atom. The number of aliphatic carboxylic acids is 1. The summed E-state index contributed by atoms with van der Waals surface area (Å²) in [6.07, 6.45) is 7.28. The number of nitrogens with zero attached hydrogens (tertiary/aromatic N) is 2. The summed E-state index contributed by atoms with van der Waals surface area (Å²) < 4.78 is 5.97. The summed E-state index contributed by atoms with van der Waals surface area (Å²) in [6.45, 7) is 15.5. The SMILES string of the molecule is CC1(C)CC[C@]2(C(=O)O)CC[C@]3(C)C(=CC[C@@H]4[C@@]5(C)C[C@@H](OC(=O)c6cc([N+](=O)[O-])cc([N+](=O)[O-])c6)[C@H](O)C(C)(C)[C@@H]5CC[C@]43C)[C@@H]2C1. The van der Waals surface area contributed by atoms with Crippen molar-refractivity contribution in [2.45, 2.75) is 118 Å². The lowest BCUT2D eigenvalue weighted by atomic mass is 9.33. The Labute approximate surface area is 281 Å². The summed E-state index contributed by atoms with van der Waals surface area (Å²) in [5.74, 6) is -1.36. The van der Waals surface area contributed by atoms with Gasteiger partial charge in [0, 0.05) is 12.1 Å². The normalized spacial score (nSPS) is 40.9. The number of nitro benzene ring substituents is 2. The van der Waals surface area contributed by atoms with E-state index in [1.807, 2.05) is 13.8 Å². The molecule has 0 aromatic heterocycles. The molecule has 0 aliphatic heterocycles. The Morgan fingerprint density at radius 2 is 1.46 bits per heavy atom. The number of carbonyl (C=O) groups is 2. The summed E-state index contributed by atoms with van der Waals surface area (Å²) in [4.78, 5) is 47.9. The third kappa shape index (κ3) is 4.76. The van der Waals surface area contributed by atoms with Crippen molar-refractivity contribution >= 4 is 23.3 Å². The van der Waals surface area contributed by atoms with Gasteiger partial charge in [-0.3, -0.25) is 25.0 Å². The molecule has 0 bridgehead atoms. The number of ether oxygens (including phenoxy) is 1. The molecule has 0 spiro atoms. The van der Waals surface area contributed by atoms with Crippen molar-refractivity contribution < 1.29 is 34.4 Å². The zero-order valence-corrected chi connectivity index (χ0v) is 29.2. The number of non-ortho nitro benzene ring substituents is 2. The summed E-state index contributed by atoms with van der Waals surface area (Å²) >= 11 is 0. The molecule has 0 saturated heterocycles. The Hall–Kier alpha value is -3.34. The van der Waals surface area contributed by atoms with Gasteiger partial charge in [-0.15, -0.1) is 0 Å². The molecule has 0 radical (unpaired) electrons. The van der Waals surface area contributed by atoms with E-state index in [1.54, 1.807) is 0 Å². The number of rotatable bonds is 5. The zero-order valence-electron chi connectivity index (χ0n) is 29.2. The second kappa shape index (κ2) is 10.8. The van der Waals surface area contributed by atoms with Gasteiger partial charge in [0.05, 0.1) is 33.0 Å². The predicted octanol–water partition coefficient (Wildman–Crippen LogP) is 7.89. The lowest BCUT2D eigenvalue weighted by Crippen LogP contribution is -2.67. The average Bonchev–Trinajstić information content (AvgIpc) is 2.99. The number of esters is 1. The summed E-state index contributed by atoms with van der Waals surface area (Å²) in [5.41, 5.74) is -2.23. The van der Waals surface area contributed by atoms with Gasteiger partial charge < -0.3 is 14.9 Å². The van der Waals surface area contributed by atoms with Crippen molar-refractivity contribution in [1.82, 2.24) is 0 Å². The standard InChI is InChI=1S/C37H50N2O9/c1-32(2)12-14-37(31(42)43)15-13-35(6)24(25(37)19-32)8-9-28-34(5)20-26(29(40)33(3,4)27(34)10-11-36(28,35)7)48-30(41)21-16-22(38(44)45)18-23(17-21)39(46)47/h8,16-18,25-29,40H,9-15,19-20H2,1-7H3,(H,42,43)/t25-,26+,27-,28+,29-,34-,35+,36+,37-/m0/s1. The maximum absolute atomic E-state index is 13.5. The molecule has 5 aliphatic rings. The van der Waals surface area contributed by atoms with Crippen molar-refractivity contribution in [2.24, 2.45) is 50.2 Å². The number of aliphatic hydroxyl groups is 1. The van der Waals surface area contributed by atoms with Gasteiger partial charge in [-0.1, -0.05) is 60.1 Å². The lowest BCUT2D eigenvalue weighted by Gasteiger charge is -2.71. The molecule has 1 aromatic carbocycles. The van der Waals surface area contributed by atoms with Crippen LogP contribution in [0, 0.1) is 70.5 Å². The fourth-order valence-electron chi connectivity index (χ4n) is 12.0. The third-order valence-corrected chi connectivity index (χ3v) is 14.8. The second-order valence-electron chi connectivity index (χ2n) is 17.8. The first-order valence-electron chi connectivity index (χ1n) is 17.4. The van der Waals surface area contributed by atoms with E-state index in [2.05, 4.69) is 40.7 Å². The van der Waals surface area contributed by atoms with Gasteiger partial charge in [0.2, 0.25) is 0 Å². The molecule has 4 saturated carbocycles. The molecule has 0 amide bonds. The maximum Gasteiger partial charge on any atom is 0.339 e. The van der Waals surface area contributed by atoms with Crippen LogP contribution in [0.3, 0.4) is 0 Å². The first-order valence-corrected chi connectivity index (χ1v) is 17.4. The number of carboxylic acid groups (broad SMARTS) is 1. The molecule has 11 nitrogen and oxygen atoms in total. The van der Waals surface area contributed by atoms with Gasteiger partial charge in [-0.2, -0.15) is 0 Å². The molecular formula is C37H50N2O9. The highest BCUT2D eigenvalue weighted by Gasteiger charge is 2.70. The highest BCUT2D eigenvalue weighted by Crippen LogP contribution is 2.75. The number of hydrogen-bond donors (Lipinski definition) is 2. The van der Waals surface area contributed by atoms with Crippen LogP contribution >= 0.6 is 0 Å². The van der Waals surface area contributed by atoms with Crippen molar-refractivity contribution in [3.8, 4) is 0 Å². The third-order valence-electron chi connectivity index (χ3n) is 14.8. The molecule has 5 aliphatic carbocycles. The Bertz CT molecular complexity index is 1580. The summed E-state index contributed by atoms with van der Waals surface area (Å²) in [6, 6.07) is 2.74.